The Kier molecular flexibility index (Phi) is 4.52. The van der Waals surface area contributed by atoms with Crippen LogP contribution in [0.15, 0.2) is 41.8 Å². The average molecular weight is 337 g/mol. The molecule has 22 heavy (non-hydrogen) atoms. The molecule has 0 spiro atoms. The van der Waals surface area contributed by atoms with Crippen molar-refractivity contribution in [3.63, 3.8) is 0 Å². The minimum Gasteiger partial charge on any atom is -0.490 e. The van der Waals surface area contributed by atoms with Crippen LogP contribution < -0.4 is 4.74 Å². The van der Waals surface area contributed by atoms with E-state index in [1.807, 2.05) is 18.2 Å². The van der Waals surface area contributed by atoms with E-state index in [1.165, 1.54) is 15.4 Å². The van der Waals surface area contributed by atoms with Crippen molar-refractivity contribution in [1.29, 1.82) is 0 Å². The third-order valence-electron chi connectivity index (χ3n) is 3.81. The van der Waals surface area contributed by atoms with Crippen LogP contribution in [0.4, 0.5) is 0 Å². The maximum Gasteiger partial charge on any atom is 0.211 e. The Balaban J connectivity index is 1.64. The van der Waals surface area contributed by atoms with Gasteiger partial charge in [-0.1, -0.05) is 18.2 Å². The highest BCUT2D eigenvalue weighted by molar-refractivity contribution is 7.88. The highest BCUT2D eigenvalue weighted by Crippen LogP contribution is 2.29. The topological polar surface area (TPSA) is 46.6 Å². The first-order valence-electron chi connectivity index (χ1n) is 7.28. The van der Waals surface area contributed by atoms with Crippen molar-refractivity contribution in [3.8, 4) is 16.2 Å². The van der Waals surface area contributed by atoms with E-state index in [0.29, 0.717) is 13.1 Å². The van der Waals surface area contributed by atoms with Crippen molar-refractivity contribution >= 4 is 21.4 Å². The third-order valence-corrected chi connectivity index (χ3v) is 6.03. The van der Waals surface area contributed by atoms with E-state index >= 15 is 0 Å². The molecule has 0 amide bonds. The van der Waals surface area contributed by atoms with Gasteiger partial charge in [0.25, 0.3) is 0 Å². The summed E-state index contributed by atoms with van der Waals surface area (Å²) < 4.78 is 30.6. The molecule has 1 aliphatic rings. The van der Waals surface area contributed by atoms with Crippen molar-refractivity contribution in [2.45, 2.75) is 18.9 Å². The summed E-state index contributed by atoms with van der Waals surface area (Å²) in [4.78, 5) is 1.22. The maximum absolute atomic E-state index is 11.5. The van der Waals surface area contributed by atoms with E-state index in [-0.39, 0.29) is 6.10 Å². The largest absolute Gasteiger partial charge is 0.490 e. The van der Waals surface area contributed by atoms with E-state index in [0.717, 1.165) is 24.2 Å². The maximum atomic E-state index is 11.5. The van der Waals surface area contributed by atoms with Crippen molar-refractivity contribution in [2.75, 3.05) is 19.3 Å². The van der Waals surface area contributed by atoms with Gasteiger partial charge in [-0.05, 0) is 42.0 Å². The van der Waals surface area contributed by atoms with E-state index in [1.54, 1.807) is 11.3 Å². The normalized spacial score (nSPS) is 17.5. The first kappa shape index (κ1) is 15.5. The van der Waals surface area contributed by atoms with E-state index in [4.69, 9.17) is 4.74 Å². The van der Waals surface area contributed by atoms with Gasteiger partial charge in [-0.25, -0.2) is 12.7 Å². The number of ether oxygens (including phenoxy) is 1. The molecular weight excluding hydrogens is 318 g/mol. The fraction of sp³-hybridized carbons (Fsp3) is 0.375. The van der Waals surface area contributed by atoms with Gasteiger partial charge in [-0.2, -0.15) is 0 Å². The van der Waals surface area contributed by atoms with Gasteiger partial charge in [0.2, 0.25) is 10.0 Å². The molecule has 118 valence electrons. The standard InChI is InChI=1S/C16H19NO3S2/c1-22(18,19)17-9-7-14(8-10-17)20-15-5-2-4-13(12-15)16-6-3-11-21-16/h2-6,11-12,14H,7-10H2,1H3. The zero-order valence-electron chi connectivity index (χ0n) is 12.4. The van der Waals surface area contributed by atoms with Crippen molar-refractivity contribution < 1.29 is 13.2 Å². The number of hydrogen-bond donors (Lipinski definition) is 0. The number of rotatable bonds is 4. The molecule has 0 unspecified atom stereocenters. The quantitative estimate of drug-likeness (QED) is 0.860. The lowest BCUT2D eigenvalue weighted by atomic mass is 10.1. The fourth-order valence-electron chi connectivity index (χ4n) is 2.64. The number of thiophene rings is 1. The monoisotopic (exact) mass is 337 g/mol. The number of benzene rings is 1. The summed E-state index contributed by atoms with van der Waals surface area (Å²) in [7, 11) is -3.08. The molecule has 0 aliphatic carbocycles. The van der Waals surface area contributed by atoms with Crippen LogP contribution in [-0.2, 0) is 10.0 Å². The van der Waals surface area contributed by atoms with Gasteiger partial charge in [0.15, 0.2) is 0 Å². The summed E-state index contributed by atoms with van der Waals surface area (Å²) >= 11 is 1.70. The van der Waals surface area contributed by atoms with Crippen LogP contribution in [0.3, 0.4) is 0 Å². The second-order valence-corrected chi connectivity index (χ2v) is 8.41. The molecule has 6 heteroatoms. The van der Waals surface area contributed by atoms with Crippen LogP contribution in [0, 0.1) is 0 Å². The van der Waals surface area contributed by atoms with Gasteiger partial charge in [-0.15, -0.1) is 11.3 Å². The average Bonchev–Trinajstić information content (AvgIpc) is 3.01. The summed E-state index contributed by atoms with van der Waals surface area (Å²) in [6.07, 6.45) is 2.81. The molecule has 0 atom stereocenters. The van der Waals surface area contributed by atoms with Crippen LogP contribution in [0.2, 0.25) is 0 Å². The molecule has 3 rings (SSSR count). The summed E-state index contributed by atoms with van der Waals surface area (Å²) in [5.74, 6) is 0.851. The molecule has 1 aromatic heterocycles. The van der Waals surface area contributed by atoms with Gasteiger partial charge < -0.3 is 4.74 Å². The molecule has 1 fully saturated rings. The van der Waals surface area contributed by atoms with Gasteiger partial charge in [0, 0.05) is 18.0 Å². The van der Waals surface area contributed by atoms with E-state index in [2.05, 4.69) is 23.6 Å². The van der Waals surface area contributed by atoms with Crippen LogP contribution in [-0.4, -0.2) is 38.2 Å². The van der Waals surface area contributed by atoms with Crippen LogP contribution in [0.25, 0.3) is 10.4 Å². The number of nitrogens with zero attached hydrogens (tertiary/aromatic N) is 1. The fourth-order valence-corrected chi connectivity index (χ4v) is 4.24. The Labute approximate surface area is 135 Å². The van der Waals surface area contributed by atoms with Crippen molar-refractivity contribution in [3.05, 3.63) is 41.8 Å². The number of piperidine rings is 1. The lowest BCUT2D eigenvalue weighted by Crippen LogP contribution is -2.41. The Morgan fingerprint density at radius 3 is 2.59 bits per heavy atom. The predicted octanol–water partition coefficient (Wildman–Crippen LogP) is 3.22. The zero-order chi connectivity index (χ0) is 15.6. The molecule has 0 saturated carbocycles. The van der Waals surface area contributed by atoms with E-state index < -0.39 is 10.0 Å². The molecule has 2 heterocycles. The van der Waals surface area contributed by atoms with Gasteiger partial charge in [0.1, 0.15) is 11.9 Å². The van der Waals surface area contributed by atoms with Crippen LogP contribution in [0.1, 0.15) is 12.8 Å². The molecule has 0 N–H and O–H groups in total. The van der Waals surface area contributed by atoms with E-state index in [9.17, 15) is 8.42 Å². The molecule has 1 saturated heterocycles. The SMILES string of the molecule is CS(=O)(=O)N1CCC(Oc2cccc(-c3cccs3)c2)CC1. The third kappa shape index (κ3) is 3.69. The number of sulfonamides is 1. The zero-order valence-corrected chi connectivity index (χ0v) is 14.1. The summed E-state index contributed by atoms with van der Waals surface area (Å²) in [5.41, 5.74) is 1.15. The Bertz CT molecular complexity index is 718. The smallest absolute Gasteiger partial charge is 0.211 e. The van der Waals surface area contributed by atoms with Crippen LogP contribution in [0.5, 0.6) is 5.75 Å². The molecule has 2 aromatic rings. The first-order valence-corrected chi connectivity index (χ1v) is 10.0. The molecule has 4 nitrogen and oxygen atoms in total. The van der Waals surface area contributed by atoms with Gasteiger partial charge >= 0.3 is 0 Å². The lowest BCUT2D eigenvalue weighted by Gasteiger charge is -2.30. The first-order chi connectivity index (χ1) is 10.5. The molecule has 1 aliphatic heterocycles. The predicted molar refractivity (Wildman–Crippen MR) is 89.8 cm³/mol. The highest BCUT2D eigenvalue weighted by atomic mass is 32.2. The summed E-state index contributed by atoms with van der Waals surface area (Å²) in [6, 6.07) is 12.2. The minimum absolute atomic E-state index is 0.0802. The summed E-state index contributed by atoms with van der Waals surface area (Å²) in [5, 5.41) is 2.06. The van der Waals surface area contributed by atoms with Crippen molar-refractivity contribution in [2.24, 2.45) is 0 Å². The Morgan fingerprint density at radius 1 is 1.18 bits per heavy atom. The van der Waals surface area contributed by atoms with Gasteiger partial charge in [-0.3, -0.25) is 0 Å². The Hall–Kier alpha value is -1.37. The second kappa shape index (κ2) is 6.40. The molecule has 0 radical (unpaired) electrons. The molecule has 0 bridgehead atoms. The Morgan fingerprint density at radius 2 is 1.95 bits per heavy atom. The van der Waals surface area contributed by atoms with Crippen molar-refractivity contribution in [1.82, 2.24) is 4.31 Å². The lowest BCUT2D eigenvalue weighted by molar-refractivity contribution is 0.135. The molecular formula is C16H19NO3S2. The number of hydrogen-bond acceptors (Lipinski definition) is 4. The van der Waals surface area contributed by atoms with Crippen LogP contribution >= 0.6 is 11.3 Å². The summed E-state index contributed by atoms with van der Waals surface area (Å²) in [6.45, 7) is 1.07. The minimum atomic E-state index is -3.08. The van der Waals surface area contributed by atoms with Gasteiger partial charge in [0.05, 0.1) is 6.26 Å². The molecule has 1 aromatic carbocycles. The second-order valence-electron chi connectivity index (χ2n) is 5.48. The highest BCUT2D eigenvalue weighted by Gasteiger charge is 2.25.